The second-order valence-corrected chi connectivity index (χ2v) is 6.64. The monoisotopic (exact) mass is 281 g/mol. The summed E-state index contributed by atoms with van der Waals surface area (Å²) >= 11 is 0. The quantitative estimate of drug-likeness (QED) is 0.698. The number of piperazine rings is 1. The summed E-state index contributed by atoms with van der Waals surface area (Å²) in [6.07, 6.45) is 0. The minimum Gasteiger partial charge on any atom is -0.334 e. The minimum absolute atomic E-state index is 0.306. The molecule has 5 nitrogen and oxygen atoms in total. The Bertz CT molecular complexity index is 367. The second-order valence-electron chi connectivity index (χ2n) is 6.64. The molecule has 0 unspecified atom stereocenters. The van der Waals surface area contributed by atoms with E-state index < -0.39 is 0 Å². The highest BCUT2D eigenvalue weighted by Gasteiger charge is 2.37. The molecule has 0 saturated carbocycles. The van der Waals surface area contributed by atoms with E-state index in [-0.39, 0.29) is 11.8 Å². The third-order valence-electron chi connectivity index (χ3n) is 4.65. The van der Waals surface area contributed by atoms with Crippen LogP contribution in [0.15, 0.2) is 0 Å². The van der Waals surface area contributed by atoms with Crippen molar-refractivity contribution in [1.29, 1.82) is 0 Å². The van der Waals surface area contributed by atoms with Crippen molar-refractivity contribution < 1.29 is 9.59 Å². The van der Waals surface area contributed by atoms with Crippen molar-refractivity contribution in [2.45, 2.75) is 33.7 Å². The molecule has 0 radical (unpaired) electrons. The van der Waals surface area contributed by atoms with Gasteiger partial charge in [-0.15, -0.1) is 0 Å². The van der Waals surface area contributed by atoms with E-state index in [1.165, 1.54) is 0 Å². The van der Waals surface area contributed by atoms with Crippen LogP contribution in [-0.2, 0) is 9.59 Å². The Labute approximate surface area is 121 Å². The van der Waals surface area contributed by atoms with E-state index in [4.69, 9.17) is 0 Å². The van der Waals surface area contributed by atoms with Crippen molar-refractivity contribution >= 4 is 11.8 Å². The van der Waals surface area contributed by atoms with Crippen LogP contribution in [0.5, 0.6) is 0 Å². The Balaban J connectivity index is 1.79. The molecule has 114 valence electrons. The average Bonchev–Trinajstić information content (AvgIpc) is 2.35. The van der Waals surface area contributed by atoms with Gasteiger partial charge in [-0.25, -0.2) is 0 Å². The van der Waals surface area contributed by atoms with Gasteiger partial charge in [0.25, 0.3) is 0 Å². The van der Waals surface area contributed by atoms with Crippen LogP contribution < -0.4 is 0 Å². The van der Waals surface area contributed by atoms with Gasteiger partial charge in [-0.1, -0.05) is 13.8 Å². The van der Waals surface area contributed by atoms with E-state index in [0.717, 1.165) is 26.2 Å². The molecule has 2 aliphatic rings. The highest BCUT2D eigenvalue weighted by molar-refractivity contribution is 6.35. The second kappa shape index (κ2) is 6.12. The smallest absolute Gasteiger partial charge is 0.312 e. The van der Waals surface area contributed by atoms with Gasteiger partial charge in [-0.3, -0.25) is 14.5 Å². The Hall–Kier alpha value is -1.10. The number of carbonyl (C=O) groups excluding carboxylic acids is 2. The van der Waals surface area contributed by atoms with Gasteiger partial charge in [0.15, 0.2) is 0 Å². The lowest BCUT2D eigenvalue weighted by Crippen LogP contribution is -2.59. The zero-order valence-electron chi connectivity index (χ0n) is 13.1. The normalized spacial score (nSPS) is 21.5. The number of rotatable bonds is 2. The standard InChI is InChI=1S/C15H27N3O2/c1-11(2)13-9-18(10-13)15(20)14(19)17-7-5-16(6-8-17)12(3)4/h11-13H,5-10H2,1-4H3. The molecule has 0 aromatic heterocycles. The largest absolute Gasteiger partial charge is 0.334 e. The molecule has 5 heteroatoms. The molecule has 0 aliphatic carbocycles. The minimum atomic E-state index is -0.310. The van der Waals surface area contributed by atoms with Crippen LogP contribution in [0, 0.1) is 11.8 Å². The molecule has 0 aromatic carbocycles. The lowest BCUT2D eigenvalue weighted by molar-refractivity contribution is -0.157. The van der Waals surface area contributed by atoms with E-state index in [0.29, 0.717) is 31.0 Å². The molecule has 2 saturated heterocycles. The van der Waals surface area contributed by atoms with Crippen LogP contribution in [0.25, 0.3) is 0 Å². The van der Waals surface area contributed by atoms with Crippen LogP contribution in [0.3, 0.4) is 0 Å². The van der Waals surface area contributed by atoms with E-state index >= 15 is 0 Å². The van der Waals surface area contributed by atoms with Gasteiger partial charge in [-0.2, -0.15) is 0 Å². The Morgan fingerprint density at radius 2 is 1.35 bits per heavy atom. The van der Waals surface area contributed by atoms with Gasteiger partial charge in [0.2, 0.25) is 0 Å². The summed E-state index contributed by atoms with van der Waals surface area (Å²) in [6.45, 7) is 13.2. The fraction of sp³-hybridized carbons (Fsp3) is 0.867. The SMILES string of the molecule is CC(C)C1CN(C(=O)C(=O)N2CCN(C(C)C)CC2)C1. The van der Waals surface area contributed by atoms with Crippen LogP contribution >= 0.6 is 0 Å². The summed E-state index contributed by atoms with van der Waals surface area (Å²) < 4.78 is 0. The lowest BCUT2D eigenvalue weighted by Gasteiger charge is -2.42. The van der Waals surface area contributed by atoms with E-state index in [1.807, 2.05) is 0 Å². The number of likely N-dealkylation sites (tertiary alicyclic amines) is 1. The number of amides is 2. The maximum Gasteiger partial charge on any atom is 0.312 e. The summed E-state index contributed by atoms with van der Waals surface area (Å²) in [5.41, 5.74) is 0. The molecule has 0 bridgehead atoms. The zero-order chi connectivity index (χ0) is 14.9. The molecule has 0 spiro atoms. The van der Waals surface area contributed by atoms with Gasteiger partial charge < -0.3 is 9.80 Å². The predicted molar refractivity (Wildman–Crippen MR) is 78.2 cm³/mol. The maximum atomic E-state index is 12.2. The van der Waals surface area contributed by atoms with Crippen LogP contribution in [-0.4, -0.2) is 71.8 Å². The molecule has 2 heterocycles. The topological polar surface area (TPSA) is 43.9 Å². The first-order valence-corrected chi connectivity index (χ1v) is 7.72. The molecule has 0 atom stereocenters. The van der Waals surface area contributed by atoms with Crippen LogP contribution in [0.4, 0.5) is 0 Å². The highest BCUT2D eigenvalue weighted by Crippen LogP contribution is 2.23. The van der Waals surface area contributed by atoms with Gasteiger partial charge in [0.1, 0.15) is 0 Å². The predicted octanol–water partition coefficient (Wildman–Crippen LogP) is 0.653. The third kappa shape index (κ3) is 3.14. The third-order valence-corrected chi connectivity index (χ3v) is 4.65. The molecule has 2 rings (SSSR count). The number of hydrogen-bond donors (Lipinski definition) is 0. The van der Waals surface area contributed by atoms with Crippen LogP contribution in [0.2, 0.25) is 0 Å². The van der Waals surface area contributed by atoms with Gasteiger partial charge in [0, 0.05) is 45.3 Å². The highest BCUT2D eigenvalue weighted by atomic mass is 16.2. The van der Waals surface area contributed by atoms with Crippen molar-refractivity contribution in [2.24, 2.45) is 11.8 Å². The molecule has 0 N–H and O–H groups in total. The Kier molecular flexibility index (Phi) is 4.68. The van der Waals surface area contributed by atoms with Gasteiger partial charge >= 0.3 is 11.8 Å². The van der Waals surface area contributed by atoms with E-state index in [1.54, 1.807) is 9.80 Å². The molecule has 0 aromatic rings. The molecule has 20 heavy (non-hydrogen) atoms. The first-order chi connectivity index (χ1) is 9.40. The van der Waals surface area contributed by atoms with Crippen molar-refractivity contribution in [3.05, 3.63) is 0 Å². The summed E-state index contributed by atoms with van der Waals surface area (Å²) in [5.74, 6) is 0.531. The zero-order valence-corrected chi connectivity index (χ0v) is 13.1. The first kappa shape index (κ1) is 15.3. The van der Waals surface area contributed by atoms with Crippen molar-refractivity contribution in [2.75, 3.05) is 39.3 Å². The lowest BCUT2D eigenvalue weighted by atomic mass is 9.88. The first-order valence-electron chi connectivity index (χ1n) is 7.72. The number of nitrogens with zero attached hydrogens (tertiary/aromatic N) is 3. The van der Waals surface area contributed by atoms with E-state index in [9.17, 15) is 9.59 Å². The fourth-order valence-corrected chi connectivity index (χ4v) is 2.81. The number of hydrogen-bond acceptors (Lipinski definition) is 3. The molecule has 2 amide bonds. The van der Waals surface area contributed by atoms with Crippen molar-refractivity contribution in [1.82, 2.24) is 14.7 Å². The van der Waals surface area contributed by atoms with Crippen molar-refractivity contribution in [3.8, 4) is 0 Å². The summed E-state index contributed by atoms with van der Waals surface area (Å²) in [4.78, 5) is 30.1. The maximum absolute atomic E-state index is 12.2. The van der Waals surface area contributed by atoms with Gasteiger partial charge in [-0.05, 0) is 25.7 Å². The molecule has 2 fully saturated rings. The molecule has 2 aliphatic heterocycles. The Morgan fingerprint density at radius 3 is 1.80 bits per heavy atom. The Morgan fingerprint density at radius 1 is 0.850 bits per heavy atom. The van der Waals surface area contributed by atoms with Crippen molar-refractivity contribution in [3.63, 3.8) is 0 Å². The van der Waals surface area contributed by atoms with Gasteiger partial charge in [0.05, 0.1) is 0 Å². The van der Waals surface area contributed by atoms with E-state index in [2.05, 4.69) is 32.6 Å². The average molecular weight is 281 g/mol. The summed E-state index contributed by atoms with van der Waals surface area (Å²) in [5, 5.41) is 0. The summed E-state index contributed by atoms with van der Waals surface area (Å²) in [6, 6.07) is 0.505. The van der Waals surface area contributed by atoms with Crippen LogP contribution in [0.1, 0.15) is 27.7 Å². The fourth-order valence-electron chi connectivity index (χ4n) is 2.81. The molecular weight excluding hydrogens is 254 g/mol. The summed E-state index contributed by atoms with van der Waals surface area (Å²) in [7, 11) is 0. The molecular formula is C15H27N3O2. The number of carbonyl (C=O) groups is 2.